The van der Waals surface area contributed by atoms with Gasteiger partial charge in [-0.1, -0.05) is 25.5 Å². The molecule has 0 unspecified atom stereocenters. The highest BCUT2D eigenvalue weighted by molar-refractivity contribution is 5.93. The standard InChI is InChI=1S/C9H12O/c1-2-4-8-5-3-6-9(10)7-8/h3,5,7H,2,4,6H2,1H3. The van der Waals surface area contributed by atoms with Crippen LogP contribution in [0, 0.1) is 0 Å². The molecule has 1 heteroatoms. The molecule has 0 spiro atoms. The summed E-state index contributed by atoms with van der Waals surface area (Å²) in [5.74, 6) is 0.242. The van der Waals surface area contributed by atoms with E-state index in [0.29, 0.717) is 6.42 Å². The summed E-state index contributed by atoms with van der Waals surface area (Å²) in [7, 11) is 0. The molecular formula is C9H12O. The van der Waals surface area contributed by atoms with Crippen molar-refractivity contribution in [3.05, 3.63) is 23.8 Å². The molecule has 1 aliphatic carbocycles. The van der Waals surface area contributed by atoms with Crippen molar-refractivity contribution >= 4 is 5.78 Å². The lowest BCUT2D eigenvalue weighted by Gasteiger charge is -2.02. The Morgan fingerprint density at radius 1 is 1.60 bits per heavy atom. The molecule has 1 nitrogen and oxygen atoms in total. The van der Waals surface area contributed by atoms with E-state index in [2.05, 4.69) is 6.92 Å². The molecule has 0 radical (unpaired) electrons. The molecule has 0 heterocycles. The van der Waals surface area contributed by atoms with Crippen molar-refractivity contribution in [3.63, 3.8) is 0 Å². The van der Waals surface area contributed by atoms with Crippen molar-refractivity contribution in [3.8, 4) is 0 Å². The van der Waals surface area contributed by atoms with E-state index in [-0.39, 0.29) is 5.78 Å². The van der Waals surface area contributed by atoms with E-state index < -0.39 is 0 Å². The molecule has 1 aliphatic rings. The van der Waals surface area contributed by atoms with Crippen LogP contribution in [0.2, 0.25) is 0 Å². The molecule has 0 saturated carbocycles. The smallest absolute Gasteiger partial charge is 0.159 e. The van der Waals surface area contributed by atoms with Crippen LogP contribution in [0.25, 0.3) is 0 Å². The third-order valence-corrected chi connectivity index (χ3v) is 1.54. The van der Waals surface area contributed by atoms with Gasteiger partial charge in [-0.25, -0.2) is 0 Å². The highest BCUT2D eigenvalue weighted by atomic mass is 16.1. The van der Waals surface area contributed by atoms with E-state index in [1.54, 1.807) is 6.08 Å². The van der Waals surface area contributed by atoms with Crippen LogP contribution < -0.4 is 0 Å². The Labute approximate surface area is 61.4 Å². The van der Waals surface area contributed by atoms with Gasteiger partial charge >= 0.3 is 0 Å². The highest BCUT2D eigenvalue weighted by Gasteiger charge is 2.01. The fraction of sp³-hybridized carbons (Fsp3) is 0.444. The third-order valence-electron chi connectivity index (χ3n) is 1.54. The molecular weight excluding hydrogens is 124 g/mol. The van der Waals surface area contributed by atoms with Crippen LogP contribution in [-0.2, 0) is 4.79 Å². The second-order valence-electron chi connectivity index (χ2n) is 2.54. The van der Waals surface area contributed by atoms with Crippen LogP contribution in [-0.4, -0.2) is 5.78 Å². The molecule has 10 heavy (non-hydrogen) atoms. The molecule has 0 aromatic heterocycles. The zero-order valence-corrected chi connectivity index (χ0v) is 6.26. The molecule has 54 valence electrons. The average molecular weight is 136 g/mol. The van der Waals surface area contributed by atoms with Gasteiger partial charge in [-0.05, 0) is 18.1 Å². The van der Waals surface area contributed by atoms with Crippen LogP contribution in [0.5, 0.6) is 0 Å². The molecule has 0 aromatic rings. The second kappa shape index (κ2) is 3.35. The van der Waals surface area contributed by atoms with Gasteiger partial charge < -0.3 is 0 Å². The number of carbonyl (C=O) groups is 1. The average Bonchev–Trinajstić information content (AvgIpc) is 1.88. The number of hydrogen-bond donors (Lipinski definition) is 0. The fourth-order valence-electron chi connectivity index (χ4n) is 1.08. The van der Waals surface area contributed by atoms with Crippen molar-refractivity contribution in [1.29, 1.82) is 0 Å². The van der Waals surface area contributed by atoms with Crippen LogP contribution in [0.4, 0.5) is 0 Å². The molecule has 0 atom stereocenters. The lowest BCUT2D eigenvalue weighted by molar-refractivity contribution is -0.113. The Morgan fingerprint density at radius 3 is 3.00 bits per heavy atom. The number of rotatable bonds is 2. The first kappa shape index (κ1) is 7.26. The maximum atomic E-state index is 10.8. The Kier molecular flexibility index (Phi) is 2.43. The quantitative estimate of drug-likeness (QED) is 0.569. The number of ketones is 1. The summed E-state index contributed by atoms with van der Waals surface area (Å²) >= 11 is 0. The molecule has 0 aliphatic heterocycles. The molecule has 0 bridgehead atoms. The lowest BCUT2D eigenvalue weighted by atomic mass is 10.0. The van der Waals surface area contributed by atoms with Crippen molar-refractivity contribution in [1.82, 2.24) is 0 Å². The summed E-state index contributed by atoms with van der Waals surface area (Å²) in [6, 6.07) is 0. The van der Waals surface area contributed by atoms with Crippen molar-refractivity contribution in [2.24, 2.45) is 0 Å². The van der Waals surface area contributed by atoms with Crippen molar-refractivity contribution in [2.45, 2.75) is 26.2 Å². The Bertz CT molecular complexity index is 187. The fourth-order valence-corrected chi connectivity index (χ4v) is 1.08. The lowest BCUT2D eigenvalue weighted by Crippen LogP contribution is -1.96. The predicted molar refractivity (Wildman–Crippen MR) is 41.8 cm³/mol. The Morgan fingerprint density at radius 2 is 2.40 bits per heavy atom. The van der Waals surface area contributed by atoms with E-state index in [4.69, 9.17) is 0 Å². The molecule has 0 aromatic carbocycles. The van der Waals surface area contributed by atoms with Gasteiger partial charge in [-0.2, -0.15) is 0 Å². The zero-order valence-electron chi connectivity index (χ0n) is 6.26. The van der Waals surface area contributed by atoms with E-state index in [1.807, 2.05) is 12.2 Å². The van der Waals surface area contributed by atoms with Crippen LogP contribution in [0.15, 0.2) is 23.8 Å². The third kappa shape index (κ3) is 1.83. The van der Waals surface area contributed by atoms with Gasteiger partial charge in [0.15, 0.2) is 5.78 Å². The highest BCUT2D eigenvalue weighted by Crippen LogP contribution is 2.11. The number of hydrogen-bond acceptors (Lipinski definition) is 1. The minimum atomic E-state index is 0.242. The zero-order chi connectivity index (χ0) is 7.40. The maximum Gasteiger partial charge on any atom is 0.159 e. The van der Waals surface area contributed by atoms with E-state index in [1.165, 1.54) is 5.57 Å². The first-order valence-electron chi connectivity index (χ1n) is 3.73. The maximum absolute atomic E-state index is 10.8. The summed E-state index contributed by atoms with van der Waals surface area (Å²) in [6.07, 6.45) is 8.47. The van der Waals surface area contributed by atoms with E-state index in [9.17, 15) is 4.79 Å². The van der Waals surface area contributed by atoms with Crippen LogP contribution in [0.1, 0.15) is 26.2 Å². The largest absolute Gasteiger partial charge is 0.295 e. The molecule has 0 saturated heterocycles. The minimum absolute atomic E-state index is 0.242. The summed E-state index contributed by atoms with van der Waals surface area (Å²) in [6.45, 7) is 2.12. The molecule has 1 rings (SSSR count). The topological polar surface area (TPSA) is 17.1 Å². The number of carbonyl (C=O) groups excluding carboxylic acids is 1. The van der Waals surface area contributed by atoms with Gasteiger partial charge in [-0.15, -0.1) is 0 Å². The van der Waals surface area contributed by atoms with Gasteiger partial charge in [0.2, 0.25) is 0 Å². The van der Waals surface area contributed by atoms with Crippen LogP contribution in [0.3, 0.4) is 0 Å². The van der Waals surface area contributed by atoms with E-state index in [0.717, 1.165) is 12.8 Å². The van der Waals surface area contributed by atoms with Gasteiger partial charge in [0.1, 0.15) is 0 Å². The van der Waals surface area contributed by atoms with Crippen molar-refractivity contribution < 1.29 is 4.79 Å². The SMILES string of the molecule is CCCC1=CC(=O)CC=C1. The van der Waals surface area contributed by atoms with E-state index >= 15 is 0 Å². The second-order valence-corrected chi connectivity index (χ2v) is 2.54. The minimum Gasteiger partial charge on any atom is -0.295 e. The Balaban J connectivity index is 2.57. The summed E-state index contributed by atoms with van der Waals surface area (Å²) in [5, 5.41) is 0. The summed E-state index contributed by atoms with van der Waals surface area (Å²) in [4.78, 5) is 10.8. The van der Waals surface area contributed by atoms with Crippen LogP contribution >= 0.6 is 0 Å². The normalized spacial score (nSPS) is 17.3. The van der Waals surface area contributed by atoms with Gasteiger partial charge in [0.05, 0.1) is 0 Å². The molecule has 0 N–H and O–H groups in total. The monoisotopic (exact) mass is 136 g/mol. The van der Waals surface area contributed by atoms with Gasteiger partial charge in [-0.3, -0.25) is 4.79 Å². The first-order valence-corrected chi connectivity index (χ1v) is 3.73. The van der Waals surface area contributed by atoms with Gasteiger partial charge in [0.25, 0.3) is 0 Å². The predicted octanol–water partition coefficient (Wildman–Crippen LogP) is 2.24. The summed E-state index contributed by atoms with van der Waals surface area (Å²) < 4.78 is 0. The number of allylic oxidation sites excluding steroid dienone is 4. The summed E-state index contributed by atoms with van der Waals surface area (Å²) in [5.41, 5.74) is 1.18. The molecule has 0 amide bonds. The van der Waals surface area contributed by atoms with Crippen molar-refractivity contribution in [2.75, 3.05) is 0 Å². The Hall–Kier alpha value is -0.850. The molecule has 0 fully saturated rings. The van der Waals surface area contributed by atoms with Gasteiger partial charge in [0, 0.05) is 6.42 Å². The first-order chi connectivity index (χ1) is 4.83.